The minimum absolute atomic E-state index is 0.102. The van der Waals surface area contributed by atoms with E-state index in [9.17, 15) is 4.79 Å². The molecule has 0 unspecified atom stereocenters. The van der Waals surface area contributed by atoms with E-state index in [2.05, 4.69) is 15.4 Å². The topological polar surface area (TPSA) is 114 Å². The highest BCUT2D eigenvalue weighted by Gasteiger charge is 2.19. The molecule has 0 fully saturated rings. The predicted octanol–water partition coefficient (Wildman–Crippen LogP) is 2.85. The van der Waals surface area contributed by atoms with Crippen LogP contribution in [-0.4, -0.2) is 40.0 Å². The number of anilines is 3. The van der Waals surface area contributed by atoms with E-state index in [4.69, 9.17) is 19.9 Å². The first kappa shape index (κ1) is 18.6. The molecular weight excluding hydrogens is 374 g/mol. The van der Waals surface area contributed by atoms with Gasteiger partial charge in [-0.15, -0.1) is 0 Å². The van der Waals surface area contributed by atoms with E-state index < -0.39 is 0 Å². The third kappa shape index (κ3) is 3.93. The molecule has 0 aliphatic carbocycles. The van der Waals surface area contributed by atoms with Crippen molar-refractivity contribution < 1.29 is 19.0 Å². The molecule has 0 radical (unpaired) electrons. The molecule has 0 bridgehead atoms. The number of hydrogen-bond acceptors (Lipinski definition) is 8. The highest BCUT2D eigenvalue weighted by atomic mass is 16.6. The van der Waals surface area contributed by atoms with Crippen LogP contribution in [-0.2, 0) is 0 Å². The summed E-state index contributed by atoms with van der Waals surface area (Å²) in [7, 11) is 0. The second-order valence-corrected chi connectivity index (χ2v) is 6.74. The van der Waals surface area contributed by atoms with Gasteiger partial charge >= 0.3 is 0 Å². The lowest BCUT2D eigenvalue weighted by molar-refractivity contribution is 0.0944. The van der Waals surface area contributed by atoms with E-state index in [1.54, 1.807) is 12.1 Å². The molecule has 9 heteroatoms. The van der Waals surface area contributed by atoms with Gasteiger partial charge in [0.15, 0.2) is 17.2 Å². The minimum Gasteiger partial charge on any atom is -0.487 e. The number of fused-ring (bicyclic) bond motifs is 1. The fourth-order valence-corrected chi connectivity index (χ4v) is 2.96. The van der Waals surface area contributed by atoms with Crippen LogP contribution in [0, 0.1) is 0 Å². The Balaban J connectivity index is 1.72. The SMILES string of the molecule is CC(C)Oc1c(N)cc(C(=O)n2cncn2)cc1Nc1ccc2c(c1)OCCO2. The summed E-state index contributed by atoms with van der Waals surface area (Å²) in [5, 5.41) is 7.16. The van der Waals surface area contributed by atoms with Crippen molar-refractivity contribution in [3.8, 4) is 17.2 Å². The molecule has 0 saturated carbocycles. The van der Waals surface area contributed by atoms with Gasteiger partial charge in [-0.3, -0.25) is 4.79 Å². The van der Waals surface area contributed by atoms with Crippen LogP contribution in [0.15, 0.2) is 43.0 Å². The number of nitrogens with two attached hydrogens (primary N) is 1. The summed E-state index contributed by atoms with van der Waals surface area (Å²) in [6, 6.07) is 8.75. The summed E-state index contributed by atoms with van der Waals surface area (Å²) >= 11 is 0. The summed E-state index contributed by atoms with van der Waals surface area (Å²) in [5.41, 5.74) is 8.21. The first-order valence-electron chi connectivity index (χ1n) is 9.17. The third-order valence-corrected chi connectivity index (χ3v) is 4.17. The number of nitrogens with zero attached hydrogens (tertiary/aromatic N) is 3. The average Bonchev–Trinajstić information content (AvgIpc) is 3.24. The van der Waals surface area contributed by atoms with Crippen LogP contribution in [0.2, 0.25) is 0 Å². The molecule has 3 N–H and O–H groups in total. The molecule has 1 aliphatic rings. The molecule has 3 aromatic rings. The Hall–Kier alpha value is -3.75. The first-order chi connectivity index (χ1) is 14.0. The Labute approximate surface area is 167 Å². The van der Waals surface area contributed by atoms with Gasteiger partial charge in [-0.25, -0.2) is 4.98 Å². The zero-order valence-corrected chi connectivity index (χ0v) is 16.1. The van der Waals surface area contributed by atoms with Crippen LogP contribution in [0.5, 0.6) is 17.2 Å². The molecule has 0 atom stereocenters. The van der Waals surface area contributed by atoms with Gasteiger partial charge < -0.3 is 25.3 Å². The van der Waals surface area contributed by atoms with Crippen molar-refractivity contribution in [1.29, 1.82) is 0 Å². The summed E-state index contributed by atoms with van der Waals surface area (Å²) in [6.45, 7) is 4.83. The Bertz CT molecular complexity index is 1030. The summed E-state index contributed by atoms with van der Waals surface area (Å²) < 4.78 is 18.2. The van der Waals surface area contributed by atoms with Gasteiger partial charge in [0.25, 0.3) is 5.91 Å². The Morgan fingerprint density at radius 1 is 1.21 bits per heavy atom. The van der Waals surface area contributed by atoms with Crippen molar-refractivity contribution in [1.82, 2.24) is 14.8 Å². The van der Waals surface area contributed by atoms with Crippen LogP contribution in [0.1, 0.15) is 24.2 Å². The number of benzene rings is 2. The predicted molar refractivity (Wildman–Crippen MR) is 107 cm³/mol. The normalized spacial score (nSPS) is 12.7. The summed E-state index contributed by atoms with van der Waals surface area (Å²) in [6.07, 6.45) is 2.53. The Morgan fingerprint density at radius 3 is 2.72 bits per heavy atom. The van der Waals surface area contributed by atoms with Crippen molar-refractivity contribution in [2.75, 3.05) is 24.3 Å². The lowest BCUT2D eigenvalue weighted by Crippen LogP contribution is -2.16. The van der Waals surface area contributed by atoms with E-state index in [1.807, 2.05) is 32.0 Å². The molecular formula is C20H21N5O4. The second-order valence-electron chi connectivity index (χ2n) is 6.74. The highest BCUT2D eigenvalue weighted by molar-refractivity contribution is 5.98. The number of carbonyl (C=O) groups excluding carboxylic acids is 1. The molecule has 0 amide bonds. The minimum atomic E-state index is -0.351. The van der Waals surface area contributed by atoms with Crippen LogP contribution in [0.3, 0.4) is 0 Å². The summed E-state index contributed by atoms with van der Waals surface area (Å²) in [5.74, 6) is 1.45. The molecule has 150 valence electrons. The first-order valence-corrected chi connectivity index (χ1v) is 9.17. The number of hydrogen-bond donors (Lipinski definition) is 2. The standard InChI is InChI=1S/C20H21N5O4/c1-12(2)29-19-15(21)7-13(20(26)25-11-22-10-23-25)8-16(19)24-14-3-4-17-18(9-14)28-6-5-27-17/h3-4,7-12,24H,5-6,21H2,1-2H3. The van der Waals surface area contributed by atoms with Crippen molar-refractivity contribution in [3.05, 3.63) is 48.5 Å². The van der Waals surface area contributed by atoms with Crippen LogP contribution >= 0.6 is 0 Å². The number of nitrogens with one attached hydrogen (secondary N) is 1. The van der Waals surface area contributed by atoms with Crippen LogP contribution < -0.4 is 25.3 Å². The van der Waals surface area contributed by atoms with E-state index in [-0.39, 0.29) is 12.0 Å². The maximum Gasteiger partial charge on any atom is 0.279 e. The number of ether oxygens (including phenoxy) is 3. The molecule has 0 spiro atoms. The van der Waals surface area contributed by atoms with Crippen molar-refractivity contribution in [2.45, 2.75) is 20.0 Å². The monoisotopic (exact) mass is 395 g/mol. The van der Waals surface area contributed by atoms with Crippen molar-refractivity contribution in [3.63, 3.8) is 0 Å². The van der Waals surface area contributed by atoms with E-state index >= 15 is 0 Å². The van der Waals surface area contributed by atoms with E-state index in [1.165, 1.54) is 12.7 Å². The van der Waals surface area contributed by atoms with E-state index in [0.29, 0.717) is 47.4 Å². The number of rotatable bonds is 5. The number of carbonyl (C=O) groups is 1. The fourth-order valence-electron chi connectivity index (χ4n) is 2.96. The van der Waals surface area contributed by atoms with Gasteiger partial charge in [0, 0.05) is 17.3 Å². The fraction of sp³-hybridized carbons (Fsp3) is 0.250. The van der Waals surface area contributed by atoms with Crippen LogP contribution in [0.4, 0.5) is 17.1 Å². The second kappa shape index (κ2) is 7.70. The molecule has 2 aromatic carbocycles. The van der Waals surface area contributed by atoms with Gasteiger partial charge in [-0.05, 0) is 38.1 Å². The molecule has 2 heterocycles. The molecule has 1 aliphatic heterocycles. The maximum absolute atomic E-state index is 12.7. The van der Waals surface area contributed by atoms with Gasteiger partial charge in [-0.1, -0.05) is 0 Å². The summed E-state index contributed by atoms with van der Waals surface area (Å²) in [4.78, 5) is 16.5. The van der Waals surface area contributed by atoms with Crippen molar-refractivity contribution in [2.24, 2.45) is 0 Å². The van der Waals surface area contributed by atoms with Gasteiger partial charge in [0.2, 0.25) is 0 Å². The van der Waals surface area contributed by atoms with Crippen LogP contribution in [0.25, 0.3) is 0 Å². The zero-order valence-electron chi connectivity index (χ0n) is 16.1. The quantitative estimate of drug-likeness (QED) is 0.634. The molecule has 9 nitrogen and oxygen atoms in total. The lowest BCUT2D eigenvalue weighted by Gasteiger charge is -2.21. The van der Waals surface area contributed by atoms with E-state index in [0.717, 1.165) is 10.4 Å². The third-order valence-electron chi connectivity index (χ3n) is 4.17. The molecule has 29 heavy (non-hydrogen) atoms. The number of aromatic nitrogens is 3. The highest BCUT2D eigenvalue weighted by Crippen LogP contribution is 2.38. The smallest absolute Gasteiger partial charge is 0.279 e. The number of nitrogen functional groups attached to an aromatic ring is 1. The Morgan fingerprint density at radius 2 is 2.00 bits per heavy atom. The largest absolute Gasteiger partial charge is 0.487 e. The zero-order chi connectivity index (χ0) is 20.4. The maximum atomic E-state index is 12.7. The molecule has 4 rings (SSSR count). The Kier molecular flexibility index (Phi) is 4.94. The molecule has 0 saturated heterocycles. The average molecular weight is 395 g/mol. The molecule has 1 aromatic heterocycles. The van der Waals surface area contributed by atoms with Crippen molar-refractivity contribution >= 4 is 23.0 Å². The van der Waals surface area contributed by atoms with Gasteiger partial charge in [0.05, 0.1) is 17.5 Å². The lowest BCUT2D eigenvalue weighted by atomic mass is 10.1. The van der Waals surface area contributed by atoms with Gasteiger partial charge in [-0.2, -0.15) is 9.78 Å². The van der Waals surface area contributed by atoms with Gasteiger partial charge in [0.1, 0.15) is 25.9 Å².